The Labute approximate surface area is 102 Å². The lowest BCUT2D eigenvalue weighted by molar-refractivity contribution is 0.480. The molecule has 1 aliphatic rings. The van der Waals surface area contributed by atoms with Crippen LogP contribution in [0.2, 0.25) is 0 Å². The summed E-state index contributed by atoms with van der Waals surface area (Å²) in [5, 5.41) is 4.14. The minimum Gasteiger partial charge on any atom is -0.360 e. The van der Waals surface area contributed by atoms with Crippen LogP contribution in [0, 0.1) is 6.92 Å². The molecule has 0 atom stereocenters. The van der Waals surface area contributed by atoms with E-state index in [-0.39, 0.29) is 0 Å². The molecule has 0 radical (unpaired) electrons. The number of rotatable bonds is 3. The van der Waals surface area contributed by atoms with Gasteiger partial charge in [0, 0.05) is 18.8 Å². The maximum absolute atomic E-state index is 5.31. The molecule has 1 fully saturated rings. The average Bonchev–Trinajstić information content (AvgIpc) is 3.01. The van der Waals surface area contributed by atoms with Crippen LogP contribution in [0.5, 0.6) is 0 Å². The molecular formula is C12H17N3S. The summed E-state index contributed by atoms with van der Waals surface area (Å²) in [5.74, 6) is 0. The third kappa shape index (κ3) is 3.17. The minimum atomic E-state index is 0.611. The van der Waals surface area contributed by atoms with E-state index in [9.17, 15) is 0 Å². The number of nitrogens with zero attached hydrogens (tertiary/aromatic N) is 2. The lowest BCUT2D eigenvalue weighted by Crippen LogP contribution is -2.37. The van der Waals surface area contributed by atoms with Crippen LogP contribution in [0.25, 0.3) is 0 Å². The number of hydrogen-bond donors (Lipinski definition) is 1. The van der Waals surface area contributed by atoms with Crippen molar-refractivity contribution in [2.24, 2.45) is 0 Å². The van der Waals surface area contributed by atoms with Crippen LogP contribution < -0.4 is 5.32 Å². The monoisotopic (exact) mass is 235 g/mol. The zero-order valence-electron chi connectivity index (χ0n) is 9.73. The first-order valence-electron chi connectivity index (χ1n) is 5.59. The predicted molar refractivity (Wildman–Crippen MR) is 69.2 cm³/mol. The summed E-state index contributed by atoms with van der Waals surface area (Å²) in [6, 6.07) is 6.68. The van der Waals surface area contributed by atoms with E-state index in [1.807, 2.05) is 37.1 Å². The normalized spacial score (nSPS) is 14.6. The molecule has 0 aromatic carbocycles. The SMILES string of the molecule is Cc1cccc(CN(C)C(=S)NC2CC2)n1. The topological polar surface area (TPSA) is 28.2 Å². The third-order valence-electron chi connectivity index (χ3n) is 2.60. The molecule has 4 heteroatoms. The molecule has 1 heterocycles. The van der Waals surface area contributed by atoms with Gasteiger partial charge in [-0.1, -0.05) is 6.07 Å². The van der Waals surface area contributed by atoms with Crippen molar-refractivity contribution in [3.8, 4) is 0 Å². The highest BCUT2D eigenvalue weighted by atomic mass is 32.1. The summed E-state index contributed by atoms with van der Waals surface area (Å²) in [7, 11) is 2.00. The second-order valence-electron chi connectivity index (χ2n) is 4.35. The molecule has 0 amide bonds. The highest BCUT2D eigenvalue weighted by molar-refractivity contribution is 7.80. The van der Waals surface area contributed by atoms with Gasteiger partial charge in [0.2, 0.25) is 0 Å². The van der Waals surface area contributed by atoms with E-state index in [2.05, 4.69) is 10.3 Å². The van der Waals surface area contributed by atoms with Gasteiger partial charge in [0.1, 0.15) is 0 Å². The van der Waals surface area contributed by atoms with Crippen LogP contribution in [-0.2, 0) is 6.54 Å². The fourth-order valence-electron chi connectivity index (χ4n) is 1.51. The van der Waals surface area contributed by atoms with E-state index in [1.165, 1.54) is 12.8 Å². The Morgan fingerprint density at radius 1 is 1.56 bits per heavy atom. The van der Waals surface area contributed by atoms with E-state index < -0.39 is 0 Å². The summed E-state index contributed by atoms with van der Waals surface area (Å²) in [6.45, 7) is 2.77. The van der Waals surface area contributed by atoms with E-state index >= 15 is 0 Å². The molecule has 1 aromatic rings. The number of aromatic nitrogens is 1. The van der Waals surface area contributed by atoms with Gasteiger partial charge in [-0.3, -0.25) is 4.98 Å². The van der Waals surface area contributed by atoms with Gasteiger partial charge < -0.3 is 10.2 Å². The van der Waals surface area contributed by atoms with Crippen molar-refractivity contribution >= 4 is 17.3 Å². The third-order valence-corrected chi connectivity index (χ3v) is 3.03. The molecule has 0 unspecified atom stereocenters. The van der Waals surface area contributed by atoms with Crippen molar-refractivity contribution in [2.45, 2.75) is 32.4 Å². The van der Waals surface area contributed by atoms with Gasteiger partial charge in [-0.2, -0.15) is 0 Å². The number of nitrogens with one attached hydrogen (secondary N) is 1. The van der Waals surface area contributed by atoms with Gasteiger partial charge in [-0.05, 0) is 44.1 Å². The smallest absolute Gasteiger partial charge is 0.169 e. The summed E-state index contributed by atoms with van der Waals surface area (Å²) in [5.41, 5.74) is 2.11. The lowest BCUT2D eigenvalue weighted by Gasteiger charge is -2.20. The quantitative estimate of drug-likeness (QED) is 0.809. The van der Waals surface area contributed by atoms with Crippen molar-refractivity contribution in [3.05, 3.63) is 29.6 Å². The number of pyridine rings is 1. The van der Waals surface area contributed by atoms with Crippen LogP contribution >= 0.6 is 12.2 Å². The van der Waals surface area contributed by atoms with E-state index in [1.54, 1.807) is 0 Å². The maximum Gasteiger partial charge on any atom is 0.169 e. The van der Waals surface area contributed by atoms with Gasteiger partial charge in [0.05, 0.1) is 12.2 Å². The van der Waals surface area contributed by atoms with E-state index in [4.69, 9.17) is 12.2 Å². The zero-order chi connectivity index (χ0) is 11.5. The standard InChI is InChI=1S/C12H17N3S/c1-9-4-3-5-11(13-9)8-15(2)12(16)14-10-6-7-10/h3-5,10H,6-8H2,1-2H3,(H,14,16). The molecule has 3 nitrogen and oxygen atoms in total. The summed E-state index contributed by atoms with van der Waals surface area (Å²) < 4.78 is 0. The second kappa shape index (κ2) is 4.78. The zero-order valence-corrected chi connectivity index (χ0v) is 10.5. The Kier molecular flexibility index (Phi) is 3.39. The van der Waals surface area contributed by atoms with Gasteiger partial charge in [-0.25, -0.2) is 0 Å². The molecule has 0 spiro atoms. The van der Waals surface area contributed by atoms with Crippen molar-refractivity contribution in [1.29, 1.82) is 0 Å². The van der Waals surface area contributed by atoms with Crippen LogP contribution in [0.3, 0.4) is 0 Å². The van der Waals surface area contributed by atoms with Crippen molar-refractivity contribution in [1.82, 2.24) is 15.2 Å². The van der Waals surface area contributed by atoms with Crippen LogP contribution in [0.1, 0.15) is 24.2 Å². The number of hydrogen-bond acceptors (Lipinski definition) is 2. The Morgan fingerprint density at radius 3 is 2.94 bits per heavy atom. The Bertz CT molecular complexity index is 388. The molecule has 1 saturated carbocycles. The summed E-state index contributed by atoms with van der Waals surface area (Å²) in [6.07, 6.45) is 2.49. The molecule has 0 bridgehead atoms. The first-order chi connectivity index (χ1) is 7.65. The minimum absolute atomic E-state index is 0.611. The lowest BCUT2D eigenvalue weighted by atomic mass is 10.3. The second-order valence-corrected chi connectivity index (χ2v) is 4.74. The Hall–Kier alpha value is -1.16. The molecular weight excluding hydrogens is 218 g/mol. The fraction of sp³-hybridized carbons (Fsp3) is 0.500. The Morgan fingerprint density at radius 2 is 2.31 bits per heavy atom. The highest BCUT2D eigenvalue weighted by Crippen LogP contribution is 2.19. The highest BCUT2D eigenvalue weighted by Gasteiger charge is 2.22. The number of thiocarbonyl (C=S) groups is 1. The molecule has 86 valence electrons. The van der Waals surface area contributed by atoms with Crippen molar-refractivity contribution in [2.75, 3.05) is 7.05 Å². The first kappa shape index (κ1) is 11.3. The first-order valence-corrected chi connectivity index (χ1v) is 6.00. The molecule has 0 saturated heterocycles. The molecule has 1 aromatic heterocycles. The van der Waals surface area contributed by atoms with E-state index in [0.717, 1.165) is 23.0 Å². The molecule has 0 aliphatic heterocycles. The van der Waals surface area contributed by atoms with Crippen molar-refractivity contribution in [3.63, 3.8) is 0 Å². The summed E-state index contributed by atoms with van der Waals surface area (Å²) >= 11 is 5.31. The van der Waals surface area contributed by atoms with Crippen LogP contribution in [0.4, 0.5) is 0 Å². The number of aryl methyl sites for hydroxylation is 1. The predicted octanol–water partition coefficient (Wildman–Crippen LogP) is 1.86. The van der Waals surface area contributed by atoms with Gasteiger partial charge in [-0.15, -0.1) is 0 Å². The van der Waals surface area contributed by atoms with Crippen LogP contribution in [-0.4, -0.2) is 28.1 Å². The molecule has 16 heavy (non-hydrogen) atoms. The fourth-order valence-corrected chi connectivity index (χ4v) is 1.75. The Balaban J connectivity index is 1.90. The summed E-state index contributed by atoms with van der Waals surface area (Å²) in [4.78, 5) is 6.50. The van der Waals surface area contributed by atoms with Gasteiger partial charge in [0.25, 0.3) is 0 Å². The van der Waals surface area contributed by atoms with Crippen LogP contribution in [0.15, 0.2) is 18.2 Å². The molecule has 2 rings (SSSR count). The largest absolute Gasteiger partial charge is 0.360 e. The van der Waals surface area contributed by atoms with Crippen molar-refractivity contribution < 1.29 is 0 Å². The van der Waals surface area contributed by atoms with Gasteiger partial charge >= 0.3 is 0 Å². The van der Waals surface area contributed by atoms with E-state index in [0.29, 0.717) is 6.04 Å². The average molecular weight is 235 g/mol. The molecule has 1 N–H and O–H groups in total. The van der Waals surface area contributed by atoms with Gasteiger partial charge in [0.15, 0.2) is 5.11 Å². The molecule has 1 aliphatic carbocycles. The maximum atomic E-state index is 5.31.